The Morgan fingerprint density at radius 1 is 1.00 bits per heavy atom. The number of rotatable bonds is 9. The molecule has 0 aromatic carbocycles. The fourth-order valence-electron chi connectivity index (χ4n) is 2.79. The van der Waals surface area contributed by atoms with Gasteiger partial charge in [0.25, 0.3) is 0 Å². The van der Waals surface area contributed by atoms with Gasteiger partial charge in [-0.2, -0.15) is 0 Å². The first kappa shape index (κ1) is 14.0. The number of hydrogen-bond acceptors (Lipinski definition) is 2. The van der Waals surface area contributed by atoms with Crippen LogP contribution in [0.15, 0.2) is 0 Å². The Kier molecular flexibility index (Phi) is 7.87. The maximum atomic E-state index is 9.10. The lowest BCUT2D eigenvalue weighted by Gasteiger charge is -2.28. The average Bonchev–Trinajstić information content (AvgIpc) is 2.81. The fourth-order valence-corrected chi connectivity index (χ4v) is 2.79. The Balaban J connectivity index is 2.12. The van der Waals surface area contributed by atoms with Gasteiger partial charge in [-0.1, -0.05) is 45.4 Å². The van der Waals surface area contributed by atoms with Gasteiger partial charge in [0.15, 0.2) is 0 Å². The zero-order chi connectivity index (χ0) is 11.6. The van der Waals surface area contributed by atoms with Gasteiger partial charge in [0.1, 0.15) is 0 Å². The number of aliphatic hydroxyl groups excluding tert-OH is 1. The lowest BCUT2D eigenvalue weighted by molar-refractivity contribution is 0.149. The molecule has 0 amide bonds. The molecule has 0 aliphatic heterocycles. The van der Waals surface area contributed by atoms with Gasteiger partial charge in [-0.15, -0.1) is 0 Å². The van der Waals surface area contributed by atoms with Crippen LogP contribution in [0.1, 0.15) is 64.7 Å². The Morgan fingerprint density at radius 3 is 2.31 bits per heavy atom. The van der Waals surface area contributed by atoms with Gasteiger partial charge >= 0.3 is 0 Å². The fraction of sp³-hybridized carbons (Fsp3) is 1.00. The van der Waals surface area contributed by atoms with E-state index in [9.17, 15) is 0 Å². The molecular formula is C14H29NO. The minimum atomic E-state index is 0.325. The van der Waals surface area contributed by atoms with E-state index in [-0.39, 0.29) is 0 Å². The molecule has 0 saturated heterocycles. The second kappa shape index (κ2) is 9.00. The maximum absolute atomic E-state index is 9.10. The van der Waals surface area contributed by atoms with Gasteiger partial charge in [0, 0.05) is 12.6 Å². The Labute approximate surface area is 101 Å². The van der Waals surface area contributed by atoms with Crippen molar-refractivity contribution in [2.75, 3.05) is 19.7 Å². The summed E-state index contributed by atoms with van der Waals surface area (Å²) in [6.07, 6.45) is 12.3. The minimum absolute atomic E-state index is 0.325. The molecule has 0 bridgehead atoms. The summed E-state index contributed by atoms with van der Waals surface area (Å²) in [7, 11) is 0. The lowest BCUT2D eigenvalue weighted by atomic mass is 10.1. The van der Waals surface area contributed by atoms with Gasteiger partial charge in [0.05, 0.1) is 6.61 Å². The second-order valence-electron chi connectivity index (χ2n) is 5.11. The normalized spacial score (nSPS) is 17.4. The first-order valence-corrected chi connectivity index (χ1v) is 7.23. The summed E-state index contributed by atoms with van der Waals surface area (Å²) in [5.74, 6) is 0. The van der Waals surface area contributed by atoms with Gasteiger partial charge in [-0.25, -0.2) is 0 Å². The Hall–Kier alpha value is -0.0800. The van der Waals surface area contributed by atoms with E-state index in [1.807, 2.05) is 0 Å². The molecule has 2 nitrogen and oxygen atoms in total. The van der Waals surface area contributed by atoms with E-state index in [1.165, 1.54) is 64.3 Å². The SMILES string of the molecule is CCCCCCCN(CCO)C1CCCC1. The summed E-state index contributed by atoms with van der Waals surface area (Å²) in [6, 6.07) is 0.776. The first-order valence-electron chi connectivity index (χ1n) is 7.23. The predicted octanol–water partition coefficient (Wildman–Crippen LogP) is 3.19. The third kappa shape index (κ3) is 5.31. The zero-order valence-electron chi connectivity index (χ0n) is 11.0. The van der Waals surface area contributed by atoms with Crippen LogP contribution >= 0.6 is 0 Å². The van der Waals surface area contributed by atoms with Crippen LogP contribution in [0.3, 0.4) is 0 Å². The molecule has 1 saturated carbocycles. The number of hydrogen-bond donors (Lipinski definition) is 1. The molecule has 1 fully saturated rings. The molecule has 0 atom stereocenters. The van der Waals surface area contributed by atoms with E-state index in [0.717, 1.165) is 12.6 Å². The summed E-state index contributed by atoms with van der Waals surface area (Å²) in [6.45, 7) is 4.68. The maximum Gasteiger partial charge on any atom is 0.0558 e. The zero-order valence-corrected chi connectivity index (χ0v) is 11.0. The van der Waals surface area contributed by atoms with E-state index in [4.69, 9.17) is 5.11 Å². The van der Waals surface area contributed by atoms with Crippen LogP contribution in [0.5, 0.6) is 0 Å². The average molecular weight is 227 g/mol. The molecular weight excluding hydrogens is 198 g/mol. The van der Waals surface area contributed by atoms with Crippen molar-refractivity contribution in [2.45, 2.75) is 70.8 Å². The highest BCUT2D eigenvalue weighted by molar-refractivity contribution is 4.77. The number of aliphatic hydroxyl groups is 1. The van der Waals surface area contributed by atoms with Crippen molar-refractivity contribution in [3.05, 3.63) is 0 Å². The van der Waals surface area contributed by atoms with E-state index < -0.39 is 0 Å². The summed E-state index contributed by atoms with van der Waals surface area (Å²) in [5.41, 5.74) is 0. The third-order valence-corrected chi connectivity index (χ3v) is 3.78. The highest BCUT2D eigenvalue weighted by atomic mass is 16.3. The van der Waals surface area contributed by atoms with Crippen LogP contribution in [-0.2, 0) is 0 Å². The van der Waals surface area contributed by atoms with Crippen LogP contribution in [0.2, 0.25) is 0 Å². The third-order valence-electron chi connectivity index (χ3n) is 3.78. The van der Waals surface area contributed by atoms with Gasteiger partial charge in [0.2, 0.25) is 0 Å². The van der Waals surface area contributed by atoms with Gasteiger partial charge in [-0.05, 0) is 25.8 Å². The van der Waals surface area contributed by atoms with Gasteiger partial charge < -0.3 is 5.11 Å². The molecule has 0 radical (unpaired) electrons. The van der Waals surface area contributed by atoms with Crippen LogP contribution < -0.4 is 0 Å². The molecule has 0 spiro atoms. The van der Waals surface area contributed by atoms with E-state index in [1.54, 1.807) is 0 Å². The molecule has 16 heavy (non-hydrogen) atoms. The Bertz CT molecular complexity index is 155. The molecule has 0 unspecified atom stereocenters. The summed E-state index contributed by atoms with van der Waals surface area (Å²) < 4.78 is 0. The lowest BCUT2D eigenvalue weighted by Crippen LogP contribution is -2.36. The molecule has 1 N–H and O–H groups in total. The van der Waals surface area contributed by atoms with E-state index >= 15 is 0 Å². The molecule has 96 valence electrons. The number of unbranched alkanes of at least 4 members (excludes halogenated alkanes) is 4. The van der Waals surface area contributed by atoms with Gasteiger partial charge in [-0.3, -0.25) is 4.90 Å². The smallest absolute Gasteiger partial charge is 0.0558 e. The highest BCUT2D eigenvalue weighted by Crippen LogP contribution is 2.23. The molecule has 1 rings (SSSR count). The topological polar surface area (TPSA) is 23.5 Å². The van der Waals surface area contributed by atoms with Crippen LogP contribution in [0.25, 0.3) is 0 Å². The molecule has 2 heteroatoms. The summed E-state index contributed by atoms with van der Waals surface area (Å²) in [4.78, 5) is 2.53. The van der Waals surface area contributed by atoms with Crippen molar-refractivity contribution >= 4 is 0 Å². The molecule has 0 aromatic heterocycles. The monoisotopic (exact) mass is 227 g/mol. The molecule has 1 aliphatic carbocycles. The van der Waals surface area contributed by atoms with Crippen LogP contribution in [-0.4, -0.2) is 35.7 Å². The second-order valence-corrected chi connectivity index (χ2v) is 5.11. The number of nitrogens with zero attached hydrogens (tertiary/aromatic N) is 1. The summed E-state index contributed by atoms with van der Waals surface area (Å²) in [5, 5.41) is 9.10. The first-order chi connectivity index (χ1) is 7.88. The highest BCUT2D eigenvalue weighted by Gasteiger charge is 2.21. The van der Waals surface area contributed by atoms with Crippen LogP contribution in [0, 0.1) is 0 Å². The van der Waals surface area contributed by atoms with Crippen molar-refractivity contribution in [3.63, 3.8) is 0 Å². The Morgan fingerprint density at radius 2 is 1.69 bits per heavy atom. The largest absolute Gasteiger partial charge is 0.395 e. The minimum Gasteiger partial charge on any atom is -0.395 e. The van der Waals surface area contributed by atoms with Crippen LogP contribution in [0.4, 0.5) is 0 Å². The van der Waals surface area contributed by atoms with Crippen molar-refractivity contribution in [2.24, 2.45) is 0 Å². The quantitative estimate of drug-likeness (QED) is 0.611. The van der Waals surface area contributed by atoms with Crippen molar-refractivity contribution in [1.82, 2.24) is 4.90 Å². The van der Waals surface area contributed by atoms with E-state index in [0.29, 0.717) is 6.61 Å². The van der Waals surface area contributed by atoms with E-state index in [2.05, 4.69) is 11.8 Å². The summed E-state index contributed by atoms with van der Waals surface area (Å²) >= 11 is 0. The molecule has 0 heterocycles. The van der Waals surface area contributed by atoms with Crippen molar-refractivity contribution in [3.8, 4) is 0 Å². The molecule has 0 aromatic rings. The van der Waals surface area contributed by atoms with Crippen molar-refractivity contribution in [1.29, 1.82) is 0 Å². The predicted molar refractivity (Wildman–Crippen MR) is 69.7 cm³/mol. The standard InChI is InChI=1S/C14H29NO/c1-2-3-4-5-8-11-15(12-13-16)14-9-6-7-10-14/h14,16H,2-13H2,1H3. The van der Waals surface area contributed by atoms with Crippen molar-refractivity contribution < 1.29 is 5.11 Å². The molecule has 1 aliphatic rings.